The number of pyridine rings is 1. The summed E-state index contributed by atoms with van der Waals surface area (Å²) in [4.78, 5) is 9.78. The molecule has 0 saturated heterocycles. The van der Waals surface area contributed by atoms with Crippen molar-refractivity contribution in [3.8, 4) is 33.4 Å². The van der Waals surface area contributed by atoms with Gasteiger partial charge in [-0.1, -0.05) is 164 Å². The van der Waals surface area contributed by atoms with Crippen LogP contribution in [0.25, 0.3) is 76.9 Å². The third-order valence-corrected chi connectivity index (χ3v) is 12.5. The summed E-state index contributed by atoms with van der Waals surface area (Å²) in [5, 5.41) is 7.09. The maximum Gasteiger partial charge on any atom is 0.137 e. The van der Waals surface area contributed by atoms with Gasteiger partial charge >= 0.3 is 0 Å². The molecule has 0 amide bonds. The van der Waals surface area contributed by atoms with E-state index >= 15 is 0 Å². The average molecular weight is 832 g/mol. The van der Waals surface area contributed by atoms with Gasteiger partial charge in [-0.3, -0.25) is 4.90 Å². The quantitative estimate of drug-likeness (QED) is 0.145. The molecule has 0 unspecified atom stereocenters. The Hall–Kier alpha value is -8.73. The van der Waals surface area contributed by atoms with Crippen LogP contribution < -0.4 is 9.80 Å². The summed E-state index contributed by atoms with van der Waals surface area (Å²) in [6.45, 7) is 0. The Morgan fingerprint density at radius 3 is 1.66 bits per heavy atom. The van der Waals surface area contributed by atoms with Crippen LogP contribution >= 0.6 is 0 Å². The average Bonchev–Trinajstić information content (AvgIpc) is 3.75. The van der Waals surface area contributed by atoms with E-state index in [0.717, 1.165) is 78.4 Å². The lowest BCUT2D eigenvalue weighted by Gasteiger charge is -2.28. The molecule has 2 aromatic heterocycles. The van der Waals surface area contributed by atoms with Crippen LogP contribution in [0.3, 0.4) is 0 Å². The number of hydrogen-bond acceptors (Lipinski definition) is 4. The van der Waals surface area contributed by atoms with Crippen LogP contribution in [0.4, 0.5) is 34.3 Å². The van der Waals surface area contributed by atoms with Gasteiger partial charge in [0.05, 0.1) is 11.9 Å². The highest BCUT2D eigenvalue weighted by atomic mass is 16.3. The van der Waals surface area contributed by atoms with Crippen molar-refractivity contribution < 1.29 is 4.42 Å². The minimum absolute atomic E-state index is 0.803. The number of fused-ring (bicyclic) bond motifs is 5. The molecule has 0 spiro atoms. The monoisotopic (exact) mass is 831 g/mol. The van der Waals surface area contributed by atoms with Crippen molar-refractivity contribution in [2.24, 2.45) is 0 Å². The molecule has 4 heteroatoms. The number of nitrogens with zero attached hydrogens (tertiary/aromatic N) is 3. The summed E-state index contributed by atoms with van der Waals surface area (Å²) in [5.41, 5.74) is 13.6. The minimum atomic E-state index is 0.803. The number of furan rings is 1. The van der Waals surface area contributed by atoms with Crippen LogP contribution in [0.15, 0.2) is 253 Å². The van der Waals surface area contributed by atoms with Crippen molar-refractivity contribution in [1.82, 2.24) is 4.98 Å². The molecule has 65 heavy (non-hydrogen) atoms. The zero-order chi connectivity index (χ0) is 43.1. The molecule has 10 aromatic carbocycles. The van der Waals surface area contributed by atoms with E-state index in [0.29, 0.717) is 0 Å². The Labute approximate surface area is 377 Å². The first-order valence-electron chi connectivity index (χ1n) is 22.0. The fourth-order valence-corrected chi connectivity index (χ4v) is 9.25. The number of aromatic nitrogens is 1. The third-order valence-electron chi connectivity index (χ3n) is 12.5. The molecule has 0 radical (unpaired) electrons. The molecule has 12 rings (SSSR count). The Balaban J connectivity index is 0.965. The van der Waals surface area contributed by atoms with Crippen molar-refractivity contribution in [3.05, 3.63) is 249 Å². The van der Waals surface area contributed by atoms with Gasteiger partial charge in [0, 0.05) is 39.6 Å². The van der Waals surface area contributed by atoms with E-state index in [2.05, 4.69) is 240 Å². The Kier molecular flexibility index (Phi) is 9.46. The van der Waals surface area contributed by atoms with Crippen LogP contribution in [-0.2, 0) is 0 Å². The van der Waals surface area contributed by atoms with Crippen molar-refractivity contribution in [2.75, 3.05) is 9.80 Å². The second-order valence-electron chi connectivity index (χ2n) is 16.4. The van der Waals surface area contributed by atoms with Gasteiger partial charge in [0.2, 0.25) is 0 Å². The fourth-order valence-electron chi connectivity index (χ4n) is 9.25. The standard InChI is InChI=1S/C61H41N3O/c1-2-12-42(13-3-1)44-26-30-50(31-27-44)64(51-32-28-46(29-33-51)56-22-11-17-45-15-6-7-20-55(45)56)61-37-35-54(41-62-61)63(53-34-36-58-57-21-8-9-23-59(57)65-60(58)40-53)52-19-10-18-48(39-52)49-25-24-43-14-4-5-16-47(43)38-49/h1-41H. The fraction of sp³-hybridized carbons (Fsp3) is 0. The van der Waals surface area contributed by atoms with Crippen LogP contribution in [0.2, 0.25) is 0 Å². The summed E-state index contributed by atoms with van der Waals surface area (Å²) in [6, 6.07) is 86.1. The van der Waals surface area contributed by atoms with Gasteiger partial charge in [-0.25, -0.2) is 4.98 Å². The first-order chi connectivity index (χ1) is 32.2. The second kappa shape index (κ2) is 16.2. The van der Waals surface area contributed by atoms with Crippen LogP contribution in [0.1, 0.15) is 0 Å². The Morgan fingerprint density at radius 2 is 0.862 bits per heavy atom. The maximum absolute atomic E-state index is 6.44. The van der Waals surface area contributed by atoms with Crippen LogP contribution in [0, 0.1) is 0 Å². The molecule has 306 valence electrons. The number of hydrogen-bond donors (Lipinski definition) is 0. The highest BCUT2D eigenvalue weighted by Crippen LogP contribution is 2.42. The van der Waals surface area contributed by atoms with Gasteiger partial charge in [0.15, 0.2) is 0 Å². The van der Waals surface area contributed by atoms with Gasteiger partial charge in [0.1, 0.15) is 17.0 Å². The zero-order valence-corrected chi connectivity index (χ0v) is 35.4. The molecule has 0 aliphatic rings. The van der Waals surface area contributed by atoms with Crippen molar-refractivity contribution >= 4 is 77.7 Å². The van der Waals surface area contributed by atoms with Crippen molar-refractivity contribution in [3.63, 3.8) is 0 Å². The normalized spacial score (nSPS) is 11.4. The molecule has 0 aliphatic carbocycles. The van der Waals surface area contributed by atoms with Crippen molar-refractivity contribution in [2.45, 2.75) is 0 Å². The first-order valence-corrected chi connectivity index (χ1v) is 22.0. The molecule has 0 fully saturated rings. The SMILES string of the molecule is c1ccc(-c2ccc(N(c3ccc(-c4cccc5ccccc45)cc3)c3ccc(N(c4cccc(-c5ccc6ccccc6c5)c4)c4ccc5c(c4)oc4ccccc45)cn3)cc2)cc1. The van der Waals surface area contributed by atoms with E-state index in [9.17, 15) is 0 Å². The van der Waals surface area contributed by atoms with Crippen LogP contribution in [-0.4, -0.2) is 4.98 Å². The van der Waals surface area contributed by atoms with Gasteiger partial charge in [-0.15, -0.1) is 0 Å². The van der Waals surface area contributed by atoms with Crippen molar-refractivity contribution in [1.29, 1.82) is 0 Å². The van der Waals surface area contributed by atoms with Gasteiger partial charge in [-0.2, -0.15) is 0 Å². The summed E-state index contributed by atoms with van der Waals surface area (Å²) in [6.07, 6.45) is 1.98. The molecule has 0 N–H and O–H groups in total. The second-order valence-corrected chi connectivity index (χ2v) is 16.4. The topological polar surface area (TPSA) is 32.5 Å². The highest BCUT2D eigenvalue weighted by molar-refractivity contribution is 6.06. The van der Waals surface area contributed by atoms with E-state index in [-0.39, 0.29) is 0 Å². The lowest BCUT2D eigenvalue weighted by Crippen LogP contribution is -2.13. The number of para-hydroxylation sites is 1. The molecule has 2 heterocycles. The van der Waals surface area contributed by atoms with Gasteiger partial charge in [-0.05, 0) is 128 Å². The number of benzene rings is 10. The number of rotatable bonds is 9. The minimum Gasteiger partial charge on any atom is -0.456 e. The molecular weight excluding hydrogens is 791 g/mol. The molecule has 0 aliphatic heterocycles. The molecule has 0 bridgehead atoms. The lowest BCUT2D eigenvalue weighted by molar-refractivity contribution is 0.669. The van der Waals surface area contributed by atoms with Gasteiger partial charge < -0.3 is 9.32 Å². The summed E-state index contributed by atoms with van der Waals surface area (Å²) >= 11 is 0. The maximum atomic E-state index is 6.44. The molecule has 4 nitrogen and oxygen atoms in total. The highest BCUT2D eigenvalue weighted by Gasteiger charge is 2.20. The van der Waals surface area contributed by atoms with E-state index < -0.39 is 0 Å². The molecule has 0 atom stereocenters. The predicted molar refractivity (Wildman–Crippen MR) is 272 cm³/mol. The van der Waals surface area contributed by atoms with E-state index in [1.165, 1.54) is 32.7 Å². The molecule has 12 aromatic rings. The Morgan fingerprint density at radius 1 is 0.292 bits per heavy atom. The summed E-state index contributed by atoms with van der Waals surface area (Å²) in [5.74, 6) is 0.803. The first kappa shape index (κ1) is 38.0. The molecule has 0 saturated carbocycles. The lowest BCUT2D eigenvalue weighted by atomic mass is 9.98. The van der Waals surface area contributed by atoms with E-state index in [1.807, 2.05) is 18.3 Å². The smallest absolute Gasteiger partial charge is 0.137 e. The van der Waals surface area contributed by atoms with E-state index in [1.54, 1.807) is 0 Å². The largest absolute Gasteiger partial charge is 0.456 e. The third kappa shape index (κ3) is 7.13. The summed E-state index contributed by atoms with van der Waals surface area (Å²) < 4.78 is 6.44. The predicted octanol–water partition coefficient (Wildman–Crippen LogP) is 17.2. The molecular formula is C61H41N3O. The van der Waals surface area contributed by atoms with E-state index in [4.69, 9.17) is 9.40 Å². The summed E-state index contributed by atoms with van der Waals surface area (Å²) in [7, 11) is 0. The van der Waals surface area contributed by atoms with Gasteiger partial charge in [0.25, 0.3) is 0 Å². The zero-order valence-electron chi connectivity index (χ0n) is 35.4. The Bertz CT molecular complexity index is 3650. The van der Waals surface area contributed by atoms with Crippen LogP contribution in [0.5, 0.6) is 0 Å². The number of anilines is 6.